The lowest BCUT2D eigenvalue weighted by atomic mass is 10.1. The molecule has 2 aromatic carbocycles. The van der Waals surface area contributed by atoms with Crippen molar-refractivity contribution in [1.29, 1.82) is 0 Å². The van der Waals surface area contributed by atoms with Gasteiger partial charge in [0, 0.05) is 49.5 Å². The fraction of sp³-hybridized carbons (Fsp3) is 0.304. The first-order valence-electron chi connectivity index (χ1n) is 9.68. The highest BCUT2D eigenvalue weighted by Crippen LogP contribution is 2.26. The Morgan fingerprint density at radius 3 is 2.46 bits per heavy atom. The molecular formula is C23H28N4O. The first-order valence-corrected chi connectivity index (χ1v) is 9.68. The van der Waals surface area contributed by atoms with Crippen molar-refractivity contribution in [3.63, 3.8) is 0 Å². The molecule has 0 saturated heterocycles. The van der Waals surface area contributed by atoms with Crippen LogP contribution < -0.4 is 15.1 Å². The molecule has 1 aromatic heterocycles. The van der Waals surface area contributed by atoms with Gasteiger partial charge >= 0.3 is 0 Å². The Morgan fingerprint density at radius 1 is 1.04 bits per heavy atom. The normalized spacial score (nSPS) is 10.8. The van der Waals surface area contributed by atoms with Crippen molar-refractivity contribution >= 4 is 34.0 Å². The van der Waals surface area contributed by atoms with Crippen LogP contribution in [-0.4, -0.2) is 38.1 Å². The van der Waals surface area contributed by atoms with E-state index in [0.717, 1.165) is 46.7 Å². The van der Waals surface area contributed by atoms with Crippen molar-refractivity contribution in [2.24, 2.45) is 0 Å². The van der Waals surface area contributed by atoms with Crippen molar-refractivity contribution < 1.29 is 4.79 Å². The predicted molar refractivity (Wildman–Crippen MR) is 119 cm³/mol. The van der Waals surface area contributed by atoms with Gasteiger partial charge in [-0.1, -0.05) is 6.07 Å². The number of aromatic nitrogens is 1. The number of hydrogen-bond acceptors (Lipinski definition) is 4. The van der Waals surface area contributed by atoms with E-state index in [0.29, 0.717) is 5.56 Å². The minimum atomic E-state index is -0.117. The lowest BCUT2D eigenvalue weighted by Gasteiger charge is -2.21. The van der Waals surface area contributed by atoms with Crippen LogP contribution in [0.3, 0.4) is 0 Å². The Hall–Kier alpha value is -3.08. The summed E-state index contributed by atoms with van der Waals surface area (Å²) in [7, 11) is 3.92. The zero-order valence-corrected chi connectivity index (χ0v) is 17.3. The van der Waals surface area contributed by atoms with Crippen LogP contribution in [0, 0.1) is 6.92 Å². The molecule has 1 heterocycles. The van der Waals surface area contributed by atoms with Crippen LogP contribution in [0.5, 0.6) is 0 Å². The summed E-state index contributed by atoms with van der Waals surface area (Å²) in [6.45, 7) is 8.20. The number of pyridine rings is 1. The largest absolute Gasteiger partial charge is 0.378 e. The van der Waals surface area contributed by atoms with Gasteiger partial charge in [-0.05, 0) is 68.8 Å². The SMILES string of the molecule is CCN(CC)c1cc(C)c2cc(NC(=O)c3cccc(N(C)C)c3)ccc2n1. The maximum Gasteiger partial charge on any atom is 0.255 e. The molecule has 0 aliphatic rings. The number of amides is 1. The Labute approximate surface area is 167 Å². The van der Waals surface area contributed by atoms with Crippen LogP contribution in [0.4, 0.5) is 17.2 Å². The van der Waals surface area contributed by atoms with Crippen molar-refractivity contribution in [1.82, 2.24) is 4.98 Å². The summed E-state index contributed by atoms with van der Waals surface area (Å²) in [6.07, 6.45) is 0. The maximum atomic E-state index is 12.7. The maximum absolute atomic E-state index is 12.7. The molecule has 28 heavy (non-hydrogen) atoms. The Morgan fingerprint density at radius 2 is 1.79 bits per heavy atom. The quantitative estimate of drug-likeness (QED) is 0.677. The number of anilines is 3. The number of nitrogens with one attached hydrogen (secondary N) is 1. The number of nitrogens with zero attached hydrogens (tertiary/aromatic N) is 3. The van der Waals surface area contributed by atoms with Crippen molar-refractivity contribution in [3.05, 3.63) is 59.7 Å². The van der Waals surface area contributed by atoms with E-state index in [2.05, 4.69) is 37.1 Å². The standard InChI is InChI=1S/C23H28N4O/c1-6-27(7-2)22-13-16(3)20-15-18(11-12-21(20)25-22)24-23(28)17-9-8-10-19(14-17)26(4)5/h8-15H,6-7H2,1-5H3,(H,24,28). The Kier molecular flexibility index (Phi) is 5.83. The molecule has 0 atom stereocenters. The third-order valence-corrected chi connectivity index (χ3v) is 4.97. The second kappa shape index (κ2) is 8.30. The lowest BCUT2D eigenvalue weighted by Crippen LogP contribution is -2.23. The van der Waals surface area contributed by atoms with E-state index in [1.165, 1.54) is 0 Å². The van der Waals surface area contributed by atoms with Gasteiger partial charge in [0.2, 0.25) is 0 Å². The molecule has 0 unspecified atom stereocenters. The van der Waals surface area contributed by atoms with Gasteiger partial charge in [-0.2, -0.15) is 0 Å². The second-order valence-corrected chi connectivity index (χ2v) is 7.10. The summed E-state index contributed by atoms with van der Waals surface area (Å²) in [5.41, 5.74) is 4.49. The van der Waals surface area contributed by atoms with E-state index in [4.69, 9.17) is 4.98 Å². The molecule has 5 heteroatoms. The van der Waals surface area contributed by atoms with Gasteiger partial charge in [0.15, 0.2) is 0 Å². The molecule has 1 N–H and O–H groups in total. The molecule has 1 amide bonds. The first-order chi connectivity index (χ1) is 13.4. The summed E-state index contributed by atoms with van der Waals surface area (Å²) >= 11 is 0. The highest BCUT2D eigenvalue weighted by atomic mass is 16.1. The van der Waals surface area contributed by atoms with E-state index in [9.17, 15) is 4.79 Å². The molecule has 0 radical (unpaired) electrons. The Bertz CT molecular complexity index is 993. The third kappa shape index (κ3) is 4.09. The second-order valence-electron chi connectivity index (χ2n) is 7.10. The van der Waals surface area contributed by atoms with Gasteiger partial charge in [0.1, 0.15) is 5.82 Å². The number of carbonyl (C=O) groups excluding carboxylic acids is 1. The number of carbonyl (C=O) groups is 1. The van der Waals surface area contributed by atoms with E-state index in [1.807, 2.05) is 61.5 Å². The summed E-state index contributed by atoms with van der Waals surface area (Å²) in [4.78, 5) is 21.7. The molecule has 3 rings (SSSR count). The van der Waals surface area contributed by atoms with E-state index < -0.39 is 0 Å². The molecule has 146 valence electrons. The monoisotopic (exact) mass is 376 g/mol. The minimum Gasteiger partial charge on any atom is -0.378 e. The average molecular weight is 377 g/mol. The van der Waals surface area contributed by atoms with E-state index in [1.54, 1.807) is 0 Å². The molecule has 0 fully saturated rings. The fourth-order valence-corrected chi connectivity index (χ4v) is 3.29. The zero-order valence-electron chi connectivity index (χ0n) is 17.3. The van der Waals surface area contributed by atoms with Gasteiger partial charge in [-0.25, -0.2) is 4.98 Å². The highest BCUT2D eigenvalue weighted by molar-refractivity contribution is 6.05. The van der Waals surface area contributed by atoms with Crippen LogP contribution in [0.25, 0.3) is 10.9 Å². The number of benzene rings is 2. The van der Waals surface area contributed by atoms with Gasteiger partial charge in [0.25, 0.3) is 5.91 Å². The number of aryl methyl sites for hydroxylation is 1. The molecule has 5 nitrogen and oxygen atoms in total. The van der Waals surface area contributed by atoms with Crippen LogP contribution in [-0.2, 0) is 0 Å². The third-order valence-electron chi connectivity index (χ3n) is 4.97. The van der Waals surface area contributed by atoms with Gasteiger partial charge in [-0.15, -0.1) is 0 Å². The van der Waals surface area contributed by atoms with Crippen LogP contribution >= 0.6 is 0 Å². The molecular weight excluding hydrogens is 348 g/mol. The number of fused-ring (bicyclic) bond motifs is 1. The lowest BCUT2D eigenvalue weighted by molar-refractivity contribution is 0.102. The van der Waals surface area contributed by atoms with Crippen LogP contribution in [0.1, 0.15) is 29.8 Å². The summed E-state index contributed by atoms with van der Waals surface area (Å²) in [6, 6.07) is 15.6. The highest BCUT2D eigenvalue weighted by Gasteiger charge is 2.11. The number of hydrogen-bond donors (Lipinski definition) is 1. The molecule has 0 aliphatic carbocycles. The van der Waals surface area contributed by atoms with E-state index >= 15 is 0 Å². The summed E-state index contributed by atoms with van der Waals surface area (Å²) in [5, 5.41) is 4.06. The first kappa shape index (κ1) is 19.7. The number of rotatable bonds is 6. The summed E-state index contributed by atoms with van der Waals surface area (Å²) in [5.74, 6) is 0.876. The zero-order chi connectivity index (χ0) is 20.3. The van der Waals surface area contributed by atoms with Crippen LogP contribution in [0.15, 0.2) is 48.5 Å². The Balaban J connectivity index is 1.88. The van der Waals surface area contributed by atoms with Gasteiger partial charge in [-0.3, -0.25) is 4.79 Å². The van der Waals surface area contributed by atoms with Gasteiger partial charge in [0.05, 0.1) is 5.52 Å². The van der Waals surface area contributed by atoms with Crippen molar-refractivity contribution in [3.8, 4) is 0 Å². The molecule has 0 spiro atoms. The topological polar surface area (TPSA) is 48.5 Å². The molecule has 0 saturated carbocycles. The minimum absolute atomic E-state index is 0.117. The molecule has 3 aromatic rings. The molecule has 0 bridgehead atoms. The summed E-state index contributed by atoms with van der Waals surface area (Å²) < 4.78 is 0. The fourth-order valence-electron chi connectivity index (χ4n) is 3.29. The van der Waals surface area contributed by atoms with Crippen LogP contribution in [0.2, 0.25) is 0 Å². The predicted octanol–water partition coefficient (Wildman–Crippen LogP) is 4.71. The van der Waals surface area contributed by atoms with Crippen molar-refractivity contribution in [2.45, 2.75) is 20.8 Å². The van der Waals surface area contributed by atoms with E-state index in [-0.39, 0.29) is 5.91 Å². The average Bonchev–Trinajstić information content (AvgIpc) is 2.69. The smallest absolute Gasteiger partial charge is 0.255 e. The van der Waals surface area contributed by atoms with Crippen molar-refractivity contribution in [2.75, 3.05) is 42.3 Å². The molecule has 0 aliphatic heterocycles. The van der Waals surface area contributed by atoms with Gasteiger partial charge < -0.3 is 15.1 Å².